The largest absolute Gasteiger partial charge is 0.432 e. The molecule has 19 heavy (non-hydrogen) atoms. The number of fused-ring (bicyclic) bond motifs is 3. The van der Waals surface area contributed by atoms with Crippen LogP contribution in [0, 0.1) is 5.41 Å². The average molecular weight is 270 g/mol. The molecule has 3 aliphatic heterocycles. The molecule has 0 unspecified atom stereocenters. The Kier molecular flexibility index (Phi) is 2.93. The topological polar surface area (TPSA) is 54.0 Å². The van der Waals surface area contributed by atoms with Crippen molar-refractivity contribution in [1.29, 1.82) is 0 Å². The number of hydrogen-bond donors (Lipinski definition) is 0. The van der Waals surface area contributed by atoms with Crippen LogP contribution in [-0.2, 0) is 24.0 Å². The monoisotopic (exact) mass is 270 g/mol. The third-order valence-corrected chi connectivity index (χ3v) is 5.06. The summed E-state index contributed by atoms with van der Waals surface area (Å²) in [5, 5.41) is 0. The Balaban J connectivity index is 2.01. The molecule has 4 aliphatic rings. The summed E-state index contributed by atoms with van der Waals surface area (Å²) < 4.78 is 11.4. The lowest BCUT2D eigenvalue weighted by molar-refractivity contribution is -0.550. The van der Waals surface area contributed by atoms with Crippen LogP contribution in [-0.4, -0.2) is 23.6 Å². The fourth-order valence-corrected chi connectivity index (χ4v) is 3.71. The molecule has 0 amide bonds. The molecule has 0 aromatic heterocycles. The van der Waals surface area contributed by atoms with E-state index in [4.69, 9.17) is 19.2 Å². The van der Waals surface area contributed by atoms with Crippen molar-refractivity contribution in [1.82, 2.24) is 0 Å². The number of hydrogen-bond acceptors (Lipinski definition) is 5. The smallest absolute Gasteiger partial charge is 0.305 e. The molecule has 5 nitrogen and oxygen atoms in total. The fraction of sp³-hybridized carbons (Fsp3) is 0.929. The minimum Gasteiger partial charge on any atom is -0.432 e. The van der Waals surface area contributed by atoms with Gasteiger partial charge in [-0.1, -0.05) is 19.8 Å². The molecule has 3 saturated heterocycles. The average Bonchev–Trinajstić information content (AvgIpc) is 2.51. The first-order valence-electron chi connectivity index (χ1n) is 7.11. The van der Waals surface area contributed by atoms with Crippen LogP contribution in [0.5, 0.6) is 0 Å². The van der Waals surface area contributed by atoms with Crippen molar-refractivity contribution in [3.8, 4) is 0 Å². The maximum absolute atomic E-state index is 11.4. The first-order valence-corrected chi connectivity index (χ1v) is 7.11. The first kappa shape index (κ1) is 13.3. The summed E-state index contributed by atoms with van der Waals surface area (Å²) in [6, 6.07) is 0. The Morgan fingerprint density at radius 2 is 1.84 bits per heavy atom. The minimum absolute atomic E-state index is 0.0698. The van der Waals surface area contributed by atoms with Gasteiger partial charge in [-0.15, -0.1) is 0 Å². The van der Waals surface area contributed by atoms with Gasteiger partial charge in [0.05, 0.1) is 0 Å². The van der Waals surface area contributed by atoms with Gasteiger partial charge in [-0.2, -0.15) is 0 Å². The lowest BCUT2D eigenvalue weighted by Gasteiger charge is -2.53. The van der Waals surface area contributed by atoms with E-state index in [1.165, 1.54) is 13.3 Å². The molecule has 4 fully saturated rings. The SMILES string of the molecule is CC(=O)O[C@@H]1O[C@]2(C)CC[C@@]3(C)CCCC[C@@]13OO2. The van der Waals surface area contributed by atoms with E-state index in [1.807, 2.05) is 6.92 Å². The number of rotatable bonds is 1. The van der Waals surface area contributed by atoms with Crippen LogP contribution in [0.3, 0.4) is 0 Å². The van der Waals surface area contributed by atoms with E-state index in [1.54, 1.807) is 0 Å². The molecule has 4 atom stereocenters. The summed E-state index contributed by atoms with van der Waals surface area (Å²) >= 11 is 0. The fourth-order valence-electron chi connectivity index (χ4n) is 3.71. The zero-order valence-corrected chi connectivity index (χ0v) is 11.9. The summed E-state index contributed by atoms with van der Waals surface area (Å²) in [6.45, 7) is 5.45. The van der Waals surface area contributed by atoms with Crippen LogP contribution < -0.4 is 0 Å². The van der Waals surface area contributed by atoms with E-state index in [0.29, 0.717) is 0 Å². The lowest BCUT2D eigenvalue weighted by atomic mass is 9.62. The Hall–Kier alpha value is -0.650. The molecule has 2 bridgehead atoms. The van der Waals surface area contributed by atoms with Crippen molar-refractivity contribution in [3.05, 3.63) is 0 Å². The van der Waals surface area contributed by atoms with E-state index < -0.39 is 17.7 Å². The van der Waals surface area contributed by atoms with Gasteiger partial charge < -0.3 is 9.47 Å². The molecule has 1 aliphatic carbocycles. The van der Waals surface area contributed by atoms with E-state index in [0.717, 1.165) is 32.1 Å². The van der Waals surface area contributed by atoms with Gasteiger partial charge >= 0.3 is 5.97 Å². The molecule has 0 aromatic rings. The number of esters is 1. The second-order valence-electron chi connectivity index (χ2n) is 6.52. The maximum atomic E-state index is 11.4. The summed E-state index contributed by atoms with van der Waals surface area (Å²) in [5.41, 5.74) is -0.730. The van der Waals surface area contributed by atoms with Crippen molar-refractivity contribution in [3.63, 3.8) is 0 Å². The van der Waals surface area contributed by atoms with Crippen LogP contribution >= 0.6 is 0 Å². The van der Waals surface area contributed by atoms with Gasteiger partial charge in [0.25, 0.3) is 0 Å². The molecule has 0 aromatic carbocycles. The number of ether oxygens (including phenoxy) is 2. The molecule has 1 saturated carbocycles. The second kappa shape index (κ2) is 4.17. The number of carbonyl (C=O) groups is 1. The second-order valence-corrected chi connectivity index (χ2v) is 6.52. The molecule has 3 heterocycles. The standard InChI is InChI=1S/C14H22O5/c1-10(15)16-11-14-7-5-4-6-12(14,2)8-9-13(3,17-11)18-19-14/h11H,4-9H2,1-3H3/t11-,12-,13+,14-/m1/s1. The van der Waals surface area contributed by atoms with Crippen molar-refractivity contribution in [2.45, 2.75) is 77.0 Å². The highest BCUT2D eigenvalue weighted by atomic mass is 17.3. The predicted molar refractivity (Wildman–Crippen MR) is 65.8 cm³/mol. The zero-order valence-electron chi connectivity index (χ0n) is 11.9. The van der Waals surface area contributed by atoms with E-state index in [9.17, 15) is 4.79 Å². The van der Waals surface area contributed by atoms with E-state index in [2.05, 4.69) is 6.92 Å². The van der Waals surface area contributed by atoms with Crippen molar-refractivity contribution in [2.75, 3.05) is 0 Å². The summed E-state index contributed by atoms with van der Waals surface area (Å²) in [5.74, 6) is -1.15. The van der Waals surface area contributed by atoms with Gasteiger partial charge in [0.1, 0.15) is 0 Å². The molecule has 5 heteroatoms. The van der Waals surface area contributed by atoms with E-state index in [-0.39, 0.29) is 11.4 Å². The molecule has 108 valence electrons. The van der Waals surface area contributed by atoms with Gasteiger partial charge in [-0.3, -0.25) is 4.79 Å². The van der Waals surface area contributed by atoms with Crippen LogP contribution in [0.2, 0.25) is 0 Å². The van der Waals surface area contributed by atoms with Crippen molar-refractivity contribution < 1.29 is 24.0 Å². The molecule has 1 spiro atoms. The zero-order chi connectivity index (χ0) is 13.7. The molecule has 0 N–H and O–H groups in total. The maximum Gasteiger partial charge on any atom is 0.305 e. The quantitative estimate of drug-likeness (QED) is 0.541. The third-order valence-electron chi connectivity index (χ3n) is 5.06. The van der Waals surface area contributed by atoms with Gasteiger partial charge in [0.2, 0.25) is 12.1 Å². The van der Waals surface area contributed by atoms with Crippen LogP contribution in [0.1, 0.15) is 59.3 Å². The Morgan fingerprint density at radius 3 is 2.58 bits per heavy atom. The molecule has 0 radical (unpaired) electrons. The normalized spacial score (nSPS) is 49.3. The van der Waals surface area contributed by atoms with Crippen molar-refractivity contribution >= 4 is 5.97 Å². The molecular formula is C14H22O5. The summed E-state index contributed by atoms with van der Waals surface area (Å²) in [6.07, 6.45) is 5.11. The van der Waals surface area contributed by atoms with E-state index >= 15 is 0 Å². The van der Waals surface area contributed by atoms with Crippen LogP contribution in [0.15, 0.2) is 0 Å². The molecular weight excluding hydrogens is 248 g/mol. The highest BCUT2D eigenvalue weighted by Crippen LogP contribution is 2.58. The third kappa shape index (κ3) is 1.90. The van der Waals surface area contributed by atoms with Gasteiger partial charge in [0.15, 0.2) is 5.60 Å². The van der Waals surface area contributed by atoms with Crippen molar-refractivity contribution in [2.24, 2.45) is 5.41 Å². The summed E-state index contributed by atoms with van der Waals surface area (Å²) in [7, 11) is 0. The van der Waals surface area contributed by atoms with Gasteiger partial charge in [-0.25, -0.2) is 9.78 Å². The van der Waals surface area contributed by atoms with Gasteiger partial charge in [0, 0.05) is 18.8 Å². The van der Waals surface area contributed by atoms with Crippen LogP contribution in [0.4, 0.5) is 0 Å². The van der Waals surface area contributed by atoms with Crippen LogP contribution in [0.25, 0.3) is 0 Å². The molecule has 4 rings (SSSR count). The highest BCUT2D eigenvalue weighted by molar-refractivity contribution is 5.66. The Morgan fingerprint density at radius 1 is 1.11 bits per heavy atom. The lowest BCUT2D eigenvalue weighted by Crippen LogP contribution is -2.63. The minimum atomic E-state index is -0.814. The van der Waals surface area contributed by atoms with Gasteiger partial charge in [-0.05, 0) is 26.2 Å². The highest BCUT2D eigenvalue weighted by Gasteiger charge is 2.66. The Bertz CT molecular complexity index is 397. The Labute approximate surface area is 113 Å². The first-order chi connectivity index (χ1) is 8.89. The summed E-state index contributed by atoms with van der Waals surface area (Å²) in [4.78, 5) is 22.7. The number of carbonyl (C=O) groups excluding carboxylic acids is 1. The predicted octanol–water partition coefficient (Wildman–Crippen LogP) is 2.68.